The number of likely N-dealkylation sites (tertiary alicyclic amines) is 1. The summed E-state index contributed by atoms with van der Waals surface area (Å²) in [7, 11) is 2.18. The van der Waals surface area contributed by atoms with Gasteiger partial charge >= 0.3 is 0 Å². The Morgan fingerprint density at radius 3 is 2.68 bits per heavy atom. The van der Waals surface area contributed by atoms with Crippen LogP contribution in [0.15, 0.2) is 23.8 Å². The highest BCUT2D eigenvalue weighted by atomic mass is 19.1. The Morgan fingerprint density at radius 2 is 2.00 bits per heavy atom. The molecule has 5 nitrogen and oxygen atoms in total. The second kappa shape index (κ2) is 11.4. The highest BCUT2D eigenvalue weighted by Crippen LogP contribution is 2.31. The Morgan fingerprint density at radius 1 is 1.26 bits per heavy atom. The molecular weight excluding hydrogens is 389 g/mol. The summed E-state index contributed by atoms with van der Waals surface area (Å²) >= 11 is 0. The van der Waals surface area contributed by atoms with E-state index < -0.39 is 6.67 Å². The largest absolute Gasteiger partial charge is 0.329 e. The van der Waals surface area contributed by atoms with Crippen molar-refractivity contribution in [3.63, 3.8) is 0 Å². The van der Waals surface area contributed by atoms with Gasteiger partial charge in [-0.2, -0.15) is 0 Å². The van der Waals surface area contributed by atoms with Crippen LogP contribution >= 0.6 is 0 Å². The minimum atomic E-state index is -0.398. The maximum atomic E-state index is 12.2. The zero-order valence-electron chi connectivity index (χ0n) is 20.0. The third-order valence-corrected chi connectivity index (χ3v) is 7.21. The van der Waals surface area contributed by atoms with Crippen molar-refractivity contribution in [2.75, 3.05) is 33.4 Å². The van der Waals surface area contributed by atoms with Gasteiger partial charge in [0.2, 0.25) is 0 Å². The molecule has 0 bridgehead atoms. The van der Waals surface area contributed by atoms with Crippen LogP contribution in [0.2, 0.25) is 0 Å². The van der Waals surface area contributed by atoms with E-state index in [-0.39, 0.29) is 6.04 Å². The standard InChI is InChI=1S/C25H42FN5/c1-5-21(17-23(27)19(2)9-7-6-8-13-26)30-15-10-22(11-16-30)31-20(3)28-24-18-29(4)14-12-25(24)31/h6,8-9,21-23H,5,7,10-18,27H2,1-4H3/b8-6-,19-9+. The molecule has 0 aliphatic carbocycles. The number of aromatic nitrogens is 2. The van der Waals surface area contributed by atoms with E-state index >= 15 is 0 Å². The number of halogens is 1. The molecule has 2 N–H and O–H groups in total. The van der Waals surface area contributed by atoms with Gasteiger partial charge in [-0.05, 0) is 53.0 Å². The van der Waals surface area contributed by atoms with Crippen LogP contribution in [0.25, 0.3) is 0 Å². The molecule has 0 aromatic carbocycles. The number of piperidine rings is 1. The van der Waals surface area contributed by atoms with Crippen LogP contribution in [-0.2, 0) is 13.0 Å². The van der Waals surface area contributed by atoms with Gasteiger partial charge in [-0.1, -0.05) is 30.7 Å². The van der Waals surface area contributed by atoms with Crippen LogP contribution in [0.4, 0.5) is 4.39 Å². The van der Waals surface area contributed by atoms with Gasteiger partial charge < -0.3 is 20.1 Å². The van der Waals surface area contributed by atoms with Gasteiger partial charge in [0.15, 0.2) is 0 Å². The number of nitrogens with two attached hydrogens (primary N) is 1. The second-order valence-electron chi connectivity index (χ2n) is 9.39. The van der Waals surface area contributed by atoms with E-state index in [1.165, 1.54) is 35.6 Å². The van der Waals surface area contributed by atoms with Crippen molar-refractivity contribution < 1.29 is 4.39 Å². The Bertz CT molecular complexity index is 760. The summed E-state index contributed by atoms with van der Waals surface area (Å²) in [6, 6.07) is 1.17. The molecule has 0 saturated carbocycles. The Balaban J connectivity index is 1.56. The SMILES string of the molecule is CCC(CC(N)/C(C)=C/C/C=C\CF)N1CCC(n2c(C)nc3c2CCN(C)C3)CC1. The smallest absolute Gasteiger partial charge is 0.108 e. The Labute approximate surface area is 188 Å². The fourth-order valence-electron chi connectivity index (χ4n) is 5.28. The number of rotatable bonds is 9. The first kappa shape index (κ1) is 24.1. The predicted molar refractivity (Wildman–Crippen MR) is 127 cm³/mol. The highest BCUT2D eigenvalue weighted by molar-refractivity contribution is 5.21. The third-order valence-electron chi connectivity index (χ3n) is 7.21. The summed E-state index contributed by atoms with van der Waals surface area (Å²) in [5.41, 5.74) is 10.5. The van der Waals surface area contributed by atoms with Crippen LogP contribution in [0.1, 0.15) is 69.2 Å². The van der Waals surface area contributed by atoms with E-state index in [2.05, 4.69) is 48.3 Å². The zero-order chi connectivity index (χ0) is 22.4. The second-order valence-corrected chi connectivity index (χ2v) is 9.39. The molecule has 2 atom stereocenters. The van der Waals surface area contributed by atoms with Gasteiger partial charge in [0.05, 0.1) is 5.69 Å². The molecule has 0 spiro atoms. The van der Waals surface area contributed by atoms with Crippen molar-refractivity contribution in [3.8, 4) is 0 Å². The average Bonchev–Trinajstić information content (AvgIpc) is 3.09. The van der Waals surface area contributed by atoms with Gasteiger partial charge in [-0.3, -0.25) is 0 Å². The lowest BCUT2D eigenvalue weighted by Gasteiger charge is -2.39. The van der Waals surface area contributed by atoms with E-state index in [1.54, 1.807) is 6.08 Å². The molecule has 1 saturated heterocycles. The maximum absolute atomic E-state index is 12.2. The number of allylic oxidation sites excluding steroid dienone is 3. The van der Waals surface area contributed by atoms with Crippen LogP contribution in [0, 0.1) is 6.92 Å². The summed E-state index contributed by atoms with van der Waals surface area (Å²) in [4.78, 5) is 9.92. The normalized spacial score (nSPS) is 21.5. The fraction of sp³-hybridized carbons (Fsp3) is 0.720. The van der Waals surface area contributed by atoms with E-state index in [4.69, 9.17) is 10.7 Å². The Hall–Kier alpha value is -1.50. The molecule has 2 unspecified atom stereocenters. The average molecular weight is 432 g/mol. The van der Waals surface area contributed by atoms with Gasteiger partial charge in [-0.15, -0.1) is 0 Å². The summed E-state index contributed by atoms with van der Waals surface area (Å²) in [6.07, 6.45) is 11.9. The topological polar surface area (TPSA) is 50.3 Å². The van der Waals surface area contributed by atoms with Gasteiger partial charge in [-0.25, -0.2) is 9.37 Å². The molecule has 0 radical (unpaired) electrons. The minimum Gasteiger partial charge on any atom is -0.329 e. The lowest BCUT2D eigenvalue weighted by atomic mass is 9.94. The third kappa shape index (κ3) is 6.05. The molecule has 3 heterocycles. The van der Waals surface area contributed by atoms with Crippen LogP contribution < -0.4 is 5.73 Å². The first-order chi connectivity index (χ1) is 14.9. The minimum absolute atomic E-state index is 0.0707. The molecule has 2 aliphatic rings. The summed E-state index contributed by atoms with van der Waals surface area (Å²) in [6.45, 7) is 10.5. The van der Waals surface area contributed by atoms with Crippen molar-refractivity contribution in [1.82, 2.24) is 19.4 Å². The number of hydrogen-bond donors (Lipinski definition) is 1. The highest BCUT2D eigenvalue weighted by Gasteiger charge is 2.30. The van der Waals surface area contributed by atoms with E-state index in [1.807, 2.05) is 6.08 Å². The first-order valence-corrected chi connectivity index (χ1v) is 12.1. The van der Waals surface area contributed by atoms with Crippen molar-refractivity contribution in [3.05, 3.63) is 41.0 Å². The quantitative estimate of drug-likeness (QED) is 0.596. The molecule has 31 heavy (non-hydrogen) atoms. The van der Waals surface area contributed by atoms with Crippen molar-refractivity contribution in [2.24, 2.45) is 5.73 Å². The number of nitrogens with zero attached hydrogens (tertiary/aromatic N) is 4. The maximum Gasteiger partial charge on any atom is 0.108 e. The number of hydrogen-bond acceptors (Lipinski definition) is 4. The zero-order valence-corrected chi connectivity index (χ0v) is 20.0. The Kier molecular flexibility index (Phi) is 8.87. The fourth-order valence-corrected chi connectivity index (χ4v) is 5.28. The van der Waals surface area contributed by atoms with Crippen LogP contribution in [0.3, 0.4) is 0 Å². The number of aryl methyl sites for hydroxylation is 1. The molecule has 0 amide bonds. The summed E-state index contributed by atoms with van der Waals surface area (Å²) in [5, 5.41) is 0. The molecule has 1 aromatic heterocycles. The molecule has 1 fully saturated rings. The lowest BCUT2D eigenvalue weighted by Crippen LogP contribution is -2.44. The summed E-state index contributed by atoms with van der Waals surface area (Å²) in [5.74, 6) is 1.19. The van der Waals surface area contributed by atoms with Crippen molar-refractivity contribution >= 4 is 0 Å². The first-order valence-electron chi connectivity index (χ1n) is 12.1. The molecule has 174 valence electrons. The van der Waals surface area contributed by atoms with E-state index in [9.17, 15) is 4.39 Å². The lowest BCUT2D eigenvalue weighted by molar-refractivity contribution is 0.121. The van der Waals surface area contributed by atoms with Crippen LogP contribution in [-0.4, -0.2) is 64.8 Å². The molecule has 3 rings (SSSR count). The van der Waals surface area contributed by atoms with Gasteiger partial charge in [0.25, 0.3) is 0 Å². The van der Waals surface area contributed by atoms with Crippen molar-refractivity contribution in [1.29, 1.82) is 0 Å². The monoisotopic (exact) mass is 431 g/mol. The number of likely N-dealkylation sites (N-methyl/N-ethyl adjacent to an activating group) is 1. The van der Waals surface area contributed by atoms with Gasteiger partial charge in [0, 0.05) is 56.4 Å². The van der Waals surface area contributed by atoms with Crippen molar-refractivity contribution in [2.45, 2.75) is 84.0 Å². The number of imidazole rings is 1. The predicted octanol–water partition coefficient (Wildman–Crippen LogP) is 4.17. The number of alkyl halides is 1. The van der Waals surface area contributed by atoms with E-state index in [0.717, 1.165) is 51.9 Å². The molecule has 1 aromatic rings. The van der Waals surface area contributed by atoms with Gasteiger partial charge in [0.1, 0.15) is 12.5 Å². The molecule has 6 heteroatoms. The summed E-state index contributed by atoms with van der Waals surface area (Å²) < 4.78 is 14.8. The van der Waals surface area contributed by atoms with E-state index in [0.29, 0.717) is 12.1 Å². The van der Waals surface area contributed by atoms with Crippen LogP contribution in [0.5, 0.6) is 0 Å². The number of fused-ring (bicyclic) bond motifs is 1. The molecule has 2 aliphatic heterocycles. The molecular formula is C25H42FN5.